The number of fused-ring (bicyclic) bond motifs is 1. The quantitative estimate of drug-likeness (QED) is 0.850. The van der Waals surface area contributed by atoms with Gasteiger partial charge in [-0.25, -0.2) is 8.42 Å². The second kappa shape index (κ2) is 5.06. The third-order valence-corrected chi connectivity index (χ3v) is 6.59. The van der Waals surface area contributed by atoms with Crippen LogP contribution in [0.2, 0.25) is 0 Å². The second-order valence-corrected chi connectivity index (χ2v) is 8.09. The standard InChI is InChI=1S/C18H18O3S/c1-11-4-7-14(8-5-11)22(20,21)18-13(3)17(19)15-9-6-12(2)10-16(15)18/h4-10,13,18H,1-3H3/t13-,18+/m1/s1. The predicted molar refractivity (Wildman–Crippen MR) is 85.8 cm³/mol. The van der Waals surface area contributed by atoms with Crippen LogP contribution in [-0.4, -0.2) is 14.2 Å². The molecule has 0 fully saturated rings. The van der Waals surface area contributed by atoms with Crippen LogP contribution in [-0.2, 0) is 9.84 Å². The molecule has 0 N–H and O–H groups in total. The van der Waals surface area contributed by atoms with Crippen LogP contribution in [0.4, 0.5) is 0 Å². The van der Waals surface area contributed by atoms with Crippen molar-refractivity contribution in [2.75, 3.05) is 0 Å². The van der Waals surface area contributed by atoms with Crippen LogP contribution in [0, 0.1) is 19.8 Å². The predicted octanol–water partition coefficient (Wildman–Crippen LogP) is 3.65. The first kappa shape index (κ1) is 15.0. The van der Waals surface area contributed by atoms with Gasteiger partial charge >= 0.3 is 0 Å². The largest absolute Gasteiger partial charge is 0.294 e. The minimum atomic E-state index is -3.59. The highest BCUT2D eigenvalue weighted by Gasteiger charge is 2.44. The average molecular weight is 314 g/mol. The molecule has 0 unspecified atom stereocenters. The summed E-state index contributed by atoms with van der Waals surface area (Å²) in [4.78, 5) is 12.7. The van der Waals surface area contributed by atoms with Gasteiger partial charge in [0.15, 0.2) is 15.6 Å². The van der Waals surface area contributed by atoms with E-state index in [0.717, 1.165) is 11.1 Å². The minimum Gasteiger partial charge on any atom is -0.294 e. The van der Waals surface area contributed by atoms with Gasteiger partial charge in [-0.2, -0.15) is 0 Å². The third kappa shape index (κ3) is 2.18. The maximum Gasteiger partial charge on any atom is 0.186 e. The highest BCUT2D eigenvalue weighted by molar-refractivity contribution is 7.91. The molecule has 0 spiro atoms. The van der Waals surface area contributed by atoms with E-state index in [2.05, 4.69) is 0 Å². The van der Waals surface area contributed by atoms with E-state index < -0.39 is 21.0 Å². The molecule has 1 aliphatic rings. The van der Waals surface area contributed by atoms with Crippen molar-refractivity contribution in [3.8, 4) is 0 Å². The molecule has 3 rings (SSSR count). The molecule has 0 saturated carbocycles. The lowest BCUT2D eigenvalue weighted by Crippen LogP contribution is -2.19. The van der Waals surface area contributed by atoms with E-state index in [9.17, 15) is 13.2 Å². The zero-order valence-electron chi connectivity index (χ0n) is 12.8. The van der Waals surface area contributed by atoms with Gasteiger partial charge < -0.3 is 0 Å². The molecule has 2 aromatic carbocycles. The van der Waals surface area contributed by atoms with Gasteiger partial charge in [0.25, 0.3) is 0 Å². The number of aryl methyl sites for hydroxylation is 2. The van der Waals surface area contributed by atoms with Crippen LogP contribution < -0.4 is 0 Å². The number of Topliss-reactive ketones (excluding diaryl/α,β-unsaturated/α-hetero) is 1. The Kier molecular flexibility index (Phi) is 3.44. The van der Waals surface area contributed by atoms with Crippen LogP contribution in [0.1, 0.15) is 39.2 Å². The highest BCUT2D eigenvalue weighted by atomic mass is 32.2. The number of ketones is 1. The number of hydrogen-bond donors (Lipinski definition) is 0. The van der Waals surface area contributed by atoms with Gasteiger partial charge in [-0.1, -0.05) is 48.4 Å². The molecule has 3 nitrogen and oxygen atoms in total. The zero-order chi connectivity index (χ0) is 16.1. The SMILES string of the molecule is Cc1ccc(S(=O)(=O)[C@@H]2c3cc(C)ccc3C(=O)[C@H]2C)cc1. The van der Waals surface area contributed by atoms with Crippen molar-refractivity contribution in [1.82, 2.24) is 0 Å². The van der Waals surface area contributed by atoms with Crippen LogP contribution >= 0.6 is 0 Å². The Hall–Kier alpha value is -1.94. The van der Waals surface area contributed by atoms with Crippen molar-refractivity contribution >= 4 is 15.6 Å². The maximum absolute atomic E-state index is 13.0. The van der Waals surface area contributed by atoms with Crippen LogP contribution in [0.3, 0.4) is 0 Å². The number of benzene rings is 2. The van der Waals surface area contributed by atoms with Crippen molar-refractivity contribution in [2.45, 2.75) is 30.9 Å². The molecule has 2 aromatic rings. The third-order valence-electron chi connectivity index (χ3n) is 4.33. The number of hydrogen-bond acceptors (Lipinski definition) is 3. The Bertz CT molecular complexity index is 848. The lowest BCUT2D eigenvalue weighted by Gasteiger charge is -2.17. The molecule has 0 aliphatic heterocycles. The van der Waals surface area contributed by atoms with Gasteiger partial charge in [0.2, 0.25) is 0 Å². The lowest BCUT2D eigenvalue weighted by atomic mass is 10.1. The van der Waals surface area contributed by atoms with Gasteiger partial charge in [-0.05, 0) is 31.5 Å². The fraction of sp³-hybridized carbons (Fsp3) is 0.278. The number of carbonyl (C=O) groups excluding carboxylic acids is 1. The summed E-state index contributed by atoms with van der Waals surface area (Å²) in [5.41, 5.74) is 3.15. The molecule has 4 heteroatoms. The molecule has 0 radical (unpaired) electrons. The smallest absolute Gasteiger partial charge is 0.186 e. The van der Waals surface area contributed by atoms with Gasteiger partial charge in [-0.3, -0.25) is 4.79 Å². The van der Waals surface area contributed by atoms with Gasteiger partial charge in [-0.15, -0.1) is 0 Å². The molecule has 0 aromatic heterocycles. The van der Waals surface area contributed by atoms with Crippen molar-refractivity contribution in [3.05, 3.63) is 64.7 Å². The molecule has 0 bridgehead atoms. The van der Waals surface area contributed by atoms with Crippen LogP contribution in [0.5, 0.6) is 0 Å². The van der Waals surface area contributed by atoms with Crippen molar-refractivity contribution in [3.63, 3.8) is 0 Å². The average Bonchev–Trinajstić information content (AvgIpc) is 2.71. The summed E-state index contributed by atoms with van der Waals surface area (Å²) in [6.45, 7) is 5.52. The Morgan fingerprint density at radius 1 is 0.909 bits per heavy atom. The topological polar surface area (TPSA) is 51.2 Å². The Morgan fingerprint density at radius 3 is 2.14 bits per heavy atom. The summed E-state index contributed by atoms with van der Waals surface area (Å²) in [6.07, 6.45) is 0. The van der Waals surface area contributed by atoms with Crippen molar-refractivity contribution in [1.29, 1.82) is 0 Å². The molecular formula is C18H18O3S. The fourth-order valence-electron chi connectivity index (χ4n) is 3.10. The second-order valence-electron chi connectivity index (χ2n) is 6.02. The molecule has 0 amide bonds. The summed E-state index contributed by atoms with van der Waals surface area (Å²) < 4.78 is 26.0. The van der Waals surface area contributed by atoms with E-state index >= 15 is 0 Å². The van der Waals surface area contributed by atoms with Crippen LogP contribution in [0.25, 0.3) is 0 Å². The zero-order valence-corrected chi connectivity index (χ0v) is 13.6. The molecule has 1 aliphatic carbocycles. The maximum atomic E-state index is 13.0. The van der Waals surface area contributed by atoms with Crippen molar-refractivity contribution < 1.29 is 13.2 Å². The van der Waals surface area contributed by atoms with Gasteiger partial charge in [0.05, 0.1) is 4.90 Å². The van der Waals surface area contributed by atoms with Crippen molar-refractivity contribution in [2.24, 2.45) is 5.92 Å². The van der Waals surface area contributed by atoms with E-state index in [0.29, 0.717) is 11.1 Å². The highest BCUT2D eigenvalue weighted by Crippen LogP contribution is 2.44. The molecule has 2 atom stereocenters. The normalized spacial score (nSPS) is 21.0. The summed E-state index contributed by atoms with van der Waals surface area (Å²) in [5.74, 6) is -0.640. The molecule has 22 heavy (non-hydrogen) atoms. The molecule has 114 valence electrons. The van der Waals surface area contributed by atoms with E-state index in [1.165, 1.54) is 0 Å². The fourth-order valence-corrected chi connectivity index (χ4v) is 5.10. The molecule has 0 saturated heterocycles. The number of rotatable bonds is 2. The molecule has 0 heterocycles. The first-order chi connectivity index (χ1) is 10.3. The number of sulfone groups is 1. The molecular weight excluding hydrogens is 296 g/mol. The first-order valence-corrected chi connectivity index (χ1v) is 8.82. The summed E-state index contributed by atoms with van der Waals surface area (Å²) in [5, 5.41) is -0.794. The van der Waals surface area contributed by atoms with E-state index in [4.69, 9.17) is 0 Å². The monoisotopic (exact) mass is 314 g/mol. The van der Waals surface area contributed by atoms with Gasteiger partial charge in [0, 0.05) is 11.5 Å². The van der Waals surface area contributed by atoms with Gasteiger partial charge in [0.1, 0.15) is 5.25 Å². The summed E-state index contributed by atoms with van der Waals surface area (Å²) in [6, 6.07) is 12.2. The van der Waals surface area contributed by atoms with E-state index in [-0.39, 0.29) is 10.7 Å². The Labute approximate surface area is 130 Å². The Morgan fingerprint density at radius 2 is 1.50 bits per heavy atom. The minimum absolute atomic E-state index is 0.0873. The first-order valence-electron chi connectivity index (χ1n) is 7.27. The Balaban J connectivity index is 2.18. The van der Waals surface area contributed by atoms with Crippen LogP contribution in [0.15, 0.2) is 47.4 Å². The van der Waals surface area contributed by atoms with E-state index in [1.807, 2.05) is 26.0 Å². The lowest BCUT2D eigenvalue weighted by molar-refractivity contribution is 0.0943. The van der Waals surface area contributed by atoms with E-state index in [1.54, 1.807) is 37.3 Å². The summed E-state index contributed by atoms with van der Waals surface area (Å²) >= 11 is 0. The summed E-state index contributed by atoms with van der Waals surface area (Å²) in [7, 11) is -3.59. The number of carbonyl (C=O) groups is 1.